The third-order valence-corrected chi connectivity index (χ3v) is 4.25. The molecule has 0 N–H and O–H groups in total. The van der Waals surface area contributed by atoms with Gasteiger partial charge >= 0.3 is 0 Å². The highest BCUT2D eigenvalue weighted by Gasteiger charge is 2.25. The van der Waals surface area contributed by atoms with Crippen LogP contribution in [-0.4, -0.2) is 33.3 Å². The molecular weight excluding hydrogens is 274 g/mol. The minimum absolute atomic E-state index is 0.0594. The Bertz CT molecular complexity index is 656. The molecule has 0 saturated carbocycles. The standard InChI is InChI=1S/C15H18ClN3O/c1-10-5-7-18(8-6-10)15(20)14-11(2)17-13-4-3-12(16)9-19(13)14/h3-4,9-10H,5-8H2,1-2H3. The van der Waals surface area contributed by atoms with E-state index >= 15 is 0 Å². The summed E-state index contributed by atoms with van der Waals surface area (Å²) in [5.74, 6) is 0.765. The number of hydrogen-bond donors (Lipinski definition) is 0. The van der Waals surface area contributed by atoms with Crippen LogP contribution < -0.4 is 0 Å². The number of imidazole rings is 1. The number of aryl methyl sites for hydroxylation is 1. The molecule has 1 amide bonds. The molecule has 0 radical (unpaired) electrons. The summed E-state index contributed by atoms with van der Waals surface area (Å²) in [4.78, 5) is 19.1. The first-order chi connectivity index (χ1) is 9.56. The number of nitrogens with zero attached hydrogens (tertiary/aromatic N) is 3. The second-order valence-corrected chi connectivity index (χ2v) is 6.03. The number of pyridine rings is 1. The lowest BCUT2D eigenvalue weighted by atomic mass is 9.99. The molecule has 106 valence electrons. The van der Waals surface area contributed by atoms with Gasteiger partial charge in [0, 0.05) is 19.3 Å². The van der Waals surface area contributed by atoms with Crippen molar-refractivity contribution in [2.45, 2.75) is 26.7 Å². The van der Waals surface area contributed by atoms with Crippen LogP contribution in [0.1, 0.15) is 35.9 Å². The van der Waals surface area contributed by atoms with E-state index in [1.165, 1.54) is 0 Å². The van der Waals surface area contributed by atoms with Crippen LogP contribution in [0.5, 0.6) is 0 Å². The van der Waals surface area contributed by atoms with Gasteiger partial charge in [0.15, 0.2) is 0 Å². The second kappa shape index (κ2) is 5.09. The Kier molecular flexibility index (Phi) is 3.42. The van der Waals surface area contributed by atoms with E-state index in [9.17, 15) is 4.79 Å². The molecule has 0 aliphatic carbocycles. The molecule has 20 heavy (non-hydrogen) atoms. The highest BCUT2D eigenvalue weighted by molar-refractivity contribution is 6.30. The monoisotopic (exact) mass is 291 g/mol. The first-order valence-electron chi connectivity index (χ1n) is 7.00. The van der Waals surface area contributed by atoms with E-state index in [1.54, 1.807) is 16.7 Å². The van der Waals surface area contributed by atoms with Crippen molar-refractivity contribution in [2.75, 3.05) is 13.1 Å². The van der Waals surface area contributed by atoms with Gasteiger partial charge in [0.2, 0.25) is 0 Å². The summed E-state index contributed by atoms with van der Waals surface area (Å²) < 4.78 is 1.80. The van der Waals surface area contributed by atoms with Crippen molar-refractivity contribution in [1.82, 2.24) is 14.3 Å². The molecule has 0 atom stereocenters. The Morgan fingerprint density at radius 1 is 1.35 bits per heavy atom. The zero-order chi connectivity index (χ0) is 14.3. The summed E-state index contributed by atoms with van der Waals surface area (Å²) in [6, 6.07) is 3.63. The summed E-state index contributed by atoms with van der Waals surface area (Å²) in [5, 5.41) is 0.608. The first kappa shape index (κ1) is 13.4. The smallest absolute Gasteiger partial charge is 0.272 e. The van der Waals surface area contributed by atoms with Gasteiger partial charge in [-0.05, 0) is 37.8 Å². The van der Waals surface area contributed by atoms with Crippen molar-refractivity contribution in [3.8, 4) is 0 Å². The quantitative estimate of drug-likeness (QED) is 0.809. The Hall–Kier alpha value is -1.55. The molecule has 0 bridgehead atoms. The summed E-state index contributed by atoms with van der Waals surface area (Å²) in [6.45, 7) is 5.77. The SMILES string of the molecule is Cc1nc2ccc(Cl)cn2c1C(=O)N1CCC(C)CC1. The molecule has 0 aromatic carbocycles. The van der Waals surface area contributed by atoms with Crippen LogP contribution in [-0.2, 0) is 0 Å². The number of halogens is 1. The van der Waals surface area contributed by atoms with Crippen LogP contribution in [0.4, 0.5) is 0 Å². The van der Waals surface area contributed by atoms with E-state index in [0.29, 0.717) is 16.6 Å². The summed E-state index contributed by atoms with van der Waals surface area (Å²) >= 11 is 6.04. The fraction of sp³-hybridized carbons (Fsp3) is 0.467. The molecular formula is C15H18ClN3O. The summed E-state index contributed by atoms with van der Waals surface area (Å²) in [5.41, 5.74) is 2.16. The predicted octanol–water partition coefficient (Wildman–Crippen LogP) is 3.17. The predicted molar refractivity (Wildman–Crippen MR) is 79.2 cm³/mol. The van der Waals surface area contributed by atoms with E-state index in [2.05, 4.69) is 11.9 Å². The van der Waals surface area contributed by atoms with E-state index < -0.39 is 0 Å². The van der Waals surface area contributed by atoms with E-state index in [4.69, 9.17) is 11.6 Å². The van der Waals surface area contributed by atoms with Gasteiger partial charge in [0.25, 0.3) is 5.91 Å². The number of rotatable bonds is 1. The summed E-state index contributed by atoms with van der Waals surface area (Å²) in [7, 11) is 0. The van der Waals surface area contributed by atoms with Crippen LogP contribution >= 0.6 is 11.6 Å². The molecule has 2 aromatic rings. The number of fused-ring (bicyclic) bond motifs is 1. The van der Waals surface area contributed by atoms with Gasteiger partial charge in [-0.15, -0.1) is 0 Å². The van der Waals surface area contributed by atoms with Crippen LogP contribution in [0, 0.1) is 12.8 Å². The number of aromatic nitrogens is 2. The Morgan fingerprint density at radius 2 is 2.05 bits per heavy atom. The molecule has 1 saturated heterocycles. The lowest BCUT2D eigenvalue weighted by Crippen LogP contribution is -2.38. The number of hydrogen-bond acceptors (Lipinski definition) is 2. The Balaban J connectivity index is 1.98. The third kappa shape index (κ3) is 2.29. The number of carbonyl (C=O) groups excluding carboxylic acids is 1. The van der Waals surface area contributed by atoms with Crippen molar-refractivity contribution < 1.29 is 4.79 Å². The van der Waals surface area contributed by atoms with Crippen molar-refractivity contribution in [2.24, 2.45) is 5.92 Å². The van der Waals surface area contributed by atoms with Crippen LogP contribution in [0.25, 0.3) is 5.65 Å². The fourth-order valence-electron chi connectivity index (χ4n) is 2.76. The molecule has 1 aliphatic heterocycles. The average Bonchev–Trinajstić information content (AvgIpc) is 2.74. The zero-order valence-electron chi connectivity index (χ0n) is 11.8. The molecule has 0 unspecified atom stereocenters. The number of piperidine rings is 1. The molecule has 1 fully saturated rings. The topological polar surface area (TPSA) is 37.6 Å². The first-order valence-corrected chi connectivity index (χ1v) is 7.37. The number of likely N-dealkylation sites (tertiary alicyclic amines) is 1. The van der Waals surface area contributed by atoms with E-state index in [1.807, 2.05) is 17.9 Å². The van der Waals surface area contributed by atoms with E-state index in [-0.39, 0.29) is 5.91 Å². The van der Waals surface area contributed by atoms with Gasteiger partial charge < -0.3 is 4.90 Å². The third-order valence-electron chi connectivity index (χ3n) is 4.03. The average molecular weight is 292 g/mol. The molecule has 4 nitrogen and oxygen atoms in total. The van der Waals surface area contributed by atoms with Crippen molar-refractivity contribution >= 4 is 23.2 Å². The van der Waals surface area contributed by atoms with Crippen molar-refractivity contribution in [1.29, 1.82) is 0 Å². The number of carbonyl (C=O) groups is 1. The van der Waals surface area contributed by atoms with E-state index in [0.717, 1.165) is 37.3 Å². The Morgan fingerprint density at radius 3 is 2.75 bits per heavy atom. The second-order valence-electron chi connectivity index (χ2n) is 5.60. The van der Waals surface area contributed by atoms with Gasteiger partial charge in [0.05, 0.1) is 10.7 Å². The molecule has 1 aliphatic rings. The minimum atomic E-state index is 0.0594. The van der Waals surface area contributed by atoms with Crippen LogP contribution in [0.15, 0.2) is 18.3 Å². The minimum Gasteiger partial charge on any atom is -0.337 e. The highest BCUT2D eigenvalue weighted by atomic mass is 35.5. The van der Waals surface area contributed by atoms with Gasteiger partial charge in [-0.2, -0.15) is 0 Å². The maximum atomic E-state index is 12.7. The van der Waals surface area contributed by atoms with Gasteiger partial charge in [-0.1, -0.05) is 18.5 Å². The zero-order valence-corrected chi connectivity index (χ0v) is 12.5. The molecule has 0 spiro atoms. The lowest BCUT2D eigenvalue weighted by Gasteiger charge is -2.30. The van der Waals surface area contributed by atoms with Gasteiger partial charge in [-0.3, -0.25) is 9.20 Å². The molecule has 5 heteroatoms. The maximum Gasteiger partial charge on any atom is 0.272 e. The maximum absolute atomic E-state index is 12.7. The van der Waals surface area contributed by atoms with Crippen molar-refractivity contribution in [3.05, 3.63) is 34.7 Å². The van der Waals surface area contributed by atoms with Gasteiger partial charge in [-0.25, -0.2) is 4.98 Å². The largest absolute Gasteiger partial charge is 0.337 e. The molecule has 2 aromatic heterocycles. The highest BCUT2D eigenvalue weighted by Crippen LogP contribution is 2.21. The lowest BCUT2D eigenvalue weighted by molar-refractivity contribution is 0.0689. The normalized spacial score (nSPS) is 16.9. The summed E-state index contributed by atoms with van der Waals surface area (Å²) in [6.07, 6.45) is 3.90. The fourth-order valence-corrected chi connectivity index (χ4v) is 2.92. The number of amides is 1. The molecule has 3 rings (SSSR count). The van der Waals surface area contributed by atoms with Crippen LogP contribution in [0.2, 0.25) is 5.02 Å². The Labute approximate surface area is 123 Å². The van der Waals surface area contributed by atoms with Gasteiger partial charge in [0.1, 0.15) is 11.3 Å². The molecule has 3 heterocycles. The van der Waals surface area contributed by atoms with Crippen LogP contribution in [0.3, 0.4) is 0 Å². The van der Waals surface area contributed by atoms with Crippen molar-refractivity contribution in [3.63, 3.8) is 0 Å².